The number of hydrogen-bond acceptors (Lipinski definition) is 2. The van der Waals surface area contributed by atoms with Gasteiger partial charge in [0.05, 0.1) is 0 Å². The van der Waals surface area contributed by atoms with E-state index in [9.17, 15) is 0 Å². The van der Waals surface area contributed by atoms with Crippen molar-refractivity contribution in [2.75, 3.05) is 6.54 Å². The van der Waals surface area contributed by atoms with Crippen LogP contribution >= 0.6 is 0 Å². The Kier molecular flexibility index (Phi) is 5.63. The molecule has 2 heteroatoms. The van der Waals surface area contributed by atoms with Crippen LogP contribution in [0.4, 0.5) is 0 Å². The standard InChI is InChI=1S/C18H23NO/c1-3-13-19-14-16-7-5-6-8-18(16)20-17-11-9-15(4-2)10-12-17/h5-12,19H,3-4,13-14H2,1-2H3. The molecule has 0 saturated heterocycles. The van der Waals surface area contributed by atoms with E-state index in [2.05, 4.69) is 43.4 Å². The van der Waals surface area contributed by atoms with Crippen molar-refractivity contribution < 1.29 is 4.74 Å². The van der Waals surface area contributed by atoms with E-state index in [4.69, 9.17) is 4.74 Å². The molecule has 0 saturated carbocycles. The average molecular weight is 269 g/mol. The molecular weight excluding hydrogens is 246 g/mol. The van der Waals surface area contributed by atoms with Gasteiger partial charge in [0.15, 0.2) is 0 Å². The molecule has 0 radical (unpaired) electrons. The fraction of sp³-hybridized carbons (Fsp3) is 0.333. The zero-order valence-corrected chi connectivity index (χ0v) is 12.4. The lowest BCUT2D eigenvalue weighted by atomic mass is 10.1. The van der Waals surface area contributed by atoms with Crippen LogP contribution in [-0.2, 0) is 13.0 Å². The average Bonchev–Trinajstić information content (AvgIpc) is 2.50. The number of benzene rings is 2. The van der Waals surface area contributed by atoms with Crippen molar-refractivity contribution >= 4 is 0 Å². The SMILES string of the molecule is CCCNCc1ccccc1Oc1ccc(CC)cc1. The van der Waals surface area contributed by atoms with Crippen LogP contribution in [0.1, 0.15) is 31.4 Å². The van der Waals surface area contributed by atoms with Gasteiger partial charge in [0.1, 0.15) is 11.5 Å². The minimum absolute atomic E-state index is 0.844. The van der Waals surface area contributed by atoms with Gasteiger partial charge in [-0.3, -0.25) is 0 Å². The van der Waals surface area contributed by atoms with Crippen molar-refractivity contribution in [2.24, 2.45) is 0 Å². The van der Waals surface area contributed by atoms with E-state index in [0.717, 1.165) is 37.4 Å². The first kappa shape index (κ1) is 14.6. The molecule has 0 amide bonds. The summed E-state index contributed by atoms with van der Waals surface area (Å²) in [5.41, 5.74) is 2.52. The normalized spacial score (nSPS) is 10.5. The topological polar surface area (TPSA) is 21.3 Å². The monoisotopic (exact) mass is 269 g/mol. The summed E-state index contributed by atoms with van der Waals surface area (Å²) in [5, 5.41) is 3.42. The predicted molar refractivity (Wildman–Crippen MR) is 84.3 cm³/mol. The Labute approximate surface area is 121 Å². The third kappa shape index (κ3) is 4.10. The summed E-state index contributed by atoms with van der Waals surface area (Å²) in [6.07, 6.45) is 2.19. The Morgan fingerprint density at radius 2 is 1.70 bits per heavy atom. The molecule has 20 heavy (non-hydrogen) atoms. The maximum atomic E-state index is 6.00. The largest absolute Gasteiger partial charge is 0.457 e. The Hall–Kier alpha value is -1.80. The van der Waals surface area contributed by atoms with Crippen molar-refractivity contribution in [3.8, 4) is 11.5 Å². The van der Waals surface area contributed by atoms with E-state index < -0.39 is 0 Å². The van der Waals surface area contributed by atoms with Crippen molar-refractivity contribution in [3.05, 3.63) is 59.7 Å². The molecule has 0 fully saturated rings. The quantitative estimate of drug-likeness (QED) is 0.745. The minimum Gasteiger partial charge on any atom is -0.457 e. The zero-order valence-electron chi connectivity index (χ0n) is 12.4. The molecule has 2 aromatic carbocycles. The van der Waals surface area contributed by atoms with Crippen LogP contribution in [0.25, 0.3) is 0 Å². The number of para-hydroxylation sites is 1. The molecule has 2 rings (SSSR count). The van der Waals surface area contributed by atoms with Crippen LogP contribution in [0.2, 0.25) is 0 Å². The maximum absolute atomic E-state index is 6.00. The summed E-state index contributed by atoms with van der Waals surface area (Å²) in [5.74, 6) is 1.82. The lowest BCUT2D eigenvalue weighted by molar-refractivity contribution is 0.472. The van der Waals surface area contributed by atoms with Gasteiger partial charge in [0.25, 0.3) is 0 Å². The first-order valence-corrected chi connectivity index (χ1v) is 7.39. The second-order valence-electron chi connectivity index (χ2n) is 4.88. The Balaban J connectivity index is 2.07. The molecule has 0 atom stereocenters. The Morgan fingerprint density at radius 3 is 2.40 bits per heavy atom. The number of hydrogen-bond donors (Lipinski definition) is 1. The smallest absolute Gasteiger partial charge is 0.131 e. The lowest BCUT2D eigenvalue weighted by Gasteiger charge is -2.12. The molecule has 0 spiro atoms. The summed E-state index contributed by atoms with van der Waals surface area (Å²) < 4.78 is 6.00. The first-order valence-electron chi connectivity index (χ1n) is 7.39. The van der Waals surface area contributed by atoms with Gasteiger partial charge in [-0.2, -0.15) is 0 Å². The molecule has 0 heterocycles. The van der Waals surface area contributed by atoms with Gasteiger partial charge in [-0.25, -0.2) is 0 Å². The highest BCUT2D eigenvalue weighted by Gasteiger charge is 2.04. The van der Waals surface area contributed by atoms with Gasteiger partial charge < -0.3 is 10.1 Å². The Morgan fingerprint density at radius 1 is 0.950 bits per heavy atom. The van der Waals surface area contributed by atoms with Crippen LogP contribution in [0.3, 0.4) is 0 Å². The summed E-state index contributed by atoms with van der Waals surface area (Å²) in [6, 6.07) is 16.5. The molecule has 0 aliphatic carbocycles. The van der Waals surface area contributed by atoms with Crippen LogP contribution in [0.15, 0.2) is 48.5 Å². The maximum Gasteiger partial charge on any atom is 0.131 e. The minimum atomic E-state index is 0.844. The van der Waals surface area contributed by atoms with Crippen molar-refractivity contribution in [2.45, 2.75) is 33.2 Å². The number of ether oxygens (including phenoxy) is 1. The molecule has 0 aliphatic heterocycles. The predicted octanol–water partition coefficient (Wildman–Crippen LogP) is 4.54. The van der Waals surface area contributed by atoms with Crippen LogP contribution < -0.4 is 10.1 Å². The lowest BCUT2D eigenvalue weighted by Crippen LogP contribution is -2.14. The summed E-state index contributed by atoms with van der Waals surface area (Å²) in [7, 11) is 0. The molecule has 0 aromatic heterocycles. The molecule has 2 aromatic rings. The molecule has 2 nitrogen and oxygen atoms in total. The van der Waals surface area contributed by atoms with Crippen molar-refractivity contribution in [1.82, 2.24) is 5.32 Å². The van der Waals surface area contributed by atoms with Gasteiger partial charge in [-0.05, 0) is 43.1 Å². The second kappa shape index (κ2) is 7.71. The van der Waals surface area contributed by atoms with E-state index in [1.54, 1.807) is 0 Å². The third-order valence-electron chi connectivity index (χ3n) is 3.27. The zero-order chi connectivity index (χ0) is 14.2. The number of rotatable bonds is 7. The molecule has 106 valence electrons. The van der Waals surface area contributed by atoms with Gasteiger partial charge >= 0.3 is 0 Å². The summed E-state index contributed by atoms with van der Waals surface area (Å²) in [4.78, 5) is 0. The second-order valence-corrected chi connectivity index (χ2v) is 4.88. The highest BCUT2D eigenvalue weighted by atomic mass is 16.5. The number of aryl methyl sites for hydroxylation is 1. The van der Waals surface area contributed by atoms with E-state index in [1.807, 2.05) is 24.3 Å². The highest BCUT2D eigenvalue weighted by molar-refractivity contribution is 5.38. The molecular formula is C18H23NO. The fourth-order valence-electron chi connectivity index (χ4n) is 2.07. The summed E-state index contributed by atoms with van der Waals surface area (Å²) >= 11 is 0. The van der Waals surface area contributed by atoms with E-state index in [-0.39, 0.29) is 0 Å². The first-order chi connectivity index (χ1) is 9.83. The fourth-order valence-corrected chi connectivity index (χ4v) is 2.07. The van der Waals surface area contributed by atoms with Crippen LogP contribution in [-0.4, -0.2) is 6.54 Å². The van der Waals surface area contributed by atoms with Crippen molar-refractivity contribution in [1.29, 1.82) is 0 Å². The molecule has 0 bridgehead atoms. The summed E-state index contributed by atoms with van der Waals surface area (Å²) in [6.45, 7) is 6.20. The number of nitrogens with one attached hydrogen (secondary N) is 1. The van der Waals surface area contributed by atoms with E-state index in [1.165, 1.54) is 11.1 Å². The third-order valence-corrected chi connectivity index (χ3v) is 3.27. The van der Waals surface area contributed by atoms with Crippen LogP contribution in [0.5, 0.6) is 11.5 Å². The molecule has 1 N–H and O–H groups in total. The van der Waals surface area contributed by atoms with Gasteiger partial charge in [-0.1, -0.05) is 44.2 Å². The van der Waals surface area contributed by atoms with Crippen molar-refractivity contribution in [3.63, 3.8) is 0 Å². The van der Waals surface area contributed by atoms with Gasteiger partial charge in [0.2, 0.25) is 0 Å². The molecule has 0 aliphatic rings. The molecule has 0 unspecified atom stereocenters. The Bertz CT molecular complexity index is 519. The van der Waals surface area contributed by atoms with Crippen LogP contribution in [0, 0.1) is 0 Å². The van der Waals surface area contributed by atoms with Gasteiger partial charge in [-0.15, -0.1) is 0 Å². The highest BCUT2D eigenvalue weighted by Crippen LogP contribution is 2.25. The van der Waals surface area contributed by atoms with Gasteiger partial charge in [0, 0.05) is 12.1 Å². The van der Waals surface area contributed by atoms with E-state index >= 15 is 0 Å². The van der Waals surface area contributed by atoms with E-state index in [0.29, 0.717) is 0 Å².